The first-order chi connectivity index (χ1) is 9.52. The van der Waals surface area contributed by atoms with E-state index >= 15 is 0 Å². The van der Waals surface area contributed by atoms with Crippen molar-refractivity contribution in [3.63, 3.8) is 0 Å². The van der Waals surface area contributed by atoms with Crippen molar-refractivity contribution in [1.82, 2.24) is 19.5 Å². The van der Waals surface area contributed by atoms with Crippen LogP contribution in [0.3, 0.4) is 0 Å². The highest BCUT2D eigenvalue weighted by Gasteiger charge is 2.44. The number of hydrogen-bond donors (Lipinski definition) is 3. The third-order valence-electron chi connectivity index (χ3n) is 3.28. The molecule has 0 radical (unpaired) electrons. The van der Waals surface area contributed by atoms with Gasteiger partial charge >= 0.3 is 0 Å². The van der Waals surface area contributed by atoms with E-state index in [1.807, 2.05) is 0 Å². The Morgan fingerprint density at radius 2 is 2.10 bits per heavy atom. The summed E-state index contributed by atoms with van der Waals surface area (Å²) in [6.07, 6.45) is -2.71. The quantitative estimate of drug-likeness (QED) is 0.635. The van der Waals surface area contributed by atoms with Crippen molar-refractivity contribution in [3.05, 3.63) is 17.3 Å². The number of aliphatic hydroxyl groups excluding tert-OH is 3. The molecule has 9 heteroatoms. The lowest BCUT2D eigenvalue weighted by molar-refractivity contribution is -0.0511. The molecule has 4 atom stereocenters. The zero-order valence-electron chi connectivity index (χ0n) is 10.5. The molecule has 3 rings (SSSR count). The Bertz CT molecular complexity index is 649. The number of nitrogens with zero attached hydrogens (tertiary/aromatic N) is 4. The summed E-state index contributed by atoms with van der Waals surface area (Å²) in [4.78, 5) is 12.3. The van der Waals surface area contributed by atoms with Crippen molar-refractivity contribution in [2.45, 2.75) is 31.5 Å². The fourth-order valence-corrected chi connectivity index (χ4v) is 2.54. The smallest absolute Gasteiger partial charge is 0.167 e. The van der Waals surface area contributed by atoms with E-state index in [0.29, 0.717) is 17.0 Å². The summed E-state index contributed by atoms with van der Waals surface area (Å²) >= 11 is 5.98. The Hall–Kier alpha value is -1.32. The van der Waals surface area contributed by atoms with Gasteiger partial charge in [0.2, 0.25) is 0 Å². The van der Waals surface area contributed by atoms with Crippen LogP contribution in [0.25, 0.3) is 11.2 Å². The summed E-state index contributed by atoms with van der Waals surface area (Å²) < 4.78 is 6.91. The number of ether oxygens (including phenoxy) is 1. The molecule has 2 aromatic rings. The maximum Gasteiger partial charge on any atom is 0.167 e. The number of aliphatic hydroxyl groups is 3. The second-order valence-corrected chi connectivity index (χ2v) is 4.97. The summed E-state index contributed by atoms with van der Waals surface area (Å²) in [6, 6.07) is 0. The lowest BCUT2D eigenvalue weighted by Crippen LogP contribution is -2.33. The molecule has 20 heavy (non-hydrogen) atoms. The number of halogens is 1. The van der Waals surface area contributed by atoms with Crippen LogP contribution in [0.1, 0.15) is 12.1 Å². The Labute approximate surface area is 118 Å². The number of hydrogen-bond acceptors (Lipinski definition) is 7. The largest absolute Gasteiger partial charge is 0.394 e. The minimum absolute atomic E-state index is 0.206. The van der Waals surface area contributed by atoms with Crippen LogP contribution in [-0.2, 0) is 4.74 Å². The lowest BCUT2D eigenvalue weighted by Gasteiger charge is -2.16. The highest BCUT2D eigenvalue weighted by atomic mass is 35.5. The number of imidazole rings is 1. The predicted octanol–water partition coefficient (Wildman–Crippen LogP) is -0.600. The SMILES string of the molecule is Cc1nc(Cl)c2ncn([C@@H]3O[C@H](CO)[C@@H](O)[C@H]3O)c2n1. The van der Waals surface area contributed by atoms with Crippen LogP contribution in [0, 0.1) is 6.92 Å². The summed E-state index contributed by atoms with van der Waals surface area (Å²) in [5.74, 6) is 0.455. The molecule has 0 spiro atoms. The van der Waals surface area contributed by atoms with Crippen LogP contribution >= 0.6 is 11.6 Å². The highest BCUT2D eigenvalue weighted by Crippen LogP contribution is 2.32. The maximum absolute atomic E-state index is 10.0. The molecule has 108 valence electrons. The molecule has 1 aliphatic heterocycles. The van der Waals surface area contributed by atoms with Crippen molar-refractivity contribution in [2.75, 3.05) is 6.61 Å². The zero-order chi connectivity index (χ0) is 14.4. The van der Waals surface area contributed by atoms with Gasteiger partial charge < -0.3 is 20.1 Å². The molecule has 0 saturated carbocycles. The topological polar surface area (TPSA) is 114 Å². The van der Waals surface area contributed by atoms with Crippen molar-refractivity contribution >= 4 is 22.8 Å². The van der Waals surface area contributed by atoms with Crippen molar-refractivity contribution in [3.8, 4) is 0 Å². The molecule has 1 saturated heterocycles. The van der Waals surface area contributed by atoms with Crippen LogP contribution in [0.15, 0.2) is 6.33 Å². The van der Waals surface area contributed by atoms with Crippen LogP contribution in [0.2, 0.25) is 5.15 Å². The van der Waals surface area contributed by atoms with Crippen molar-refractivity contribution in [2.24, 2.45) is 0 Å². The number of aromatic nitrogens is 4. The monoisotopic (exact) mass is 300 g/mol. The molecule has 3 N–H and O–H groups in total. The van der Waals surface area contributed by atoms with Gasteiger partial charge in [-0.1, -0.05) is 11.6 Å². The van der Waals surface area contributed by atoms with E-state index in [1.54, 1.807) is 6.92 Å². The Morgan fingerprint density at radius 3 is 2.75 bits per heavy atom. The summed E-state index contributed by atoms with van der Waals surface area (Å²) in [7, 11) is 0. The average molecular weight is 301 g/mol. The first-order valence-electron chi connectivity index (χ1n) is 6.02. The molecule has 0 amide bonds. The first-order valence-corrected chi connectivity index (χ1v) is 6.40. The van der Waals surface area contributed by atoms with Crippen LogP contribution in [0.5, 0.6) is 0 Å². The van der Waals surface area contributed by atoms with Gasteiger partial charge in [-0.15, -0.1) is 0 Å². The molecule has 0 aromatic carbocycles. The third kappa shape index (κ3) is 1.97. The Kier molecular flexibility index (Phi) is 3.35. The van der Waals surface area contributed by atoms with E-state index < -0.39 is 31.1 Å². The second-order valence-electron chi connectivity index (χ2n) is 4.61. The van der Waals surface area contributed by atoms with Gasteiger partial charge in [0.05, 0.1) is 12.9 Å². The van der Waals surface area contributed by atoms with E-state index in [0.717, 1.165) is 0 Å². The normalized spacial score (nSPS) is 30.2. The van der Waals surface area contributed by atoms with E-state index in [1.165, 1.54) is 10.9 Å². The maximum atomic E-state index is 10.0. The van der Waals surface area contributed by atoms with Crippen LogP contribution < -0.4 is 0 Å². The highest BCUT2D eigenvalue weighted by molar-refractivity contribution is 6.33. The van der Waals surface area contributed by atoms with Crippen molar-refractivity contribution in [1.29, 1.82) is 0 Å². The molecule has 0 unspecified atom stereocenters. The van der Waals surface area contributed by atoms with Crippen LogP contribution in [0.4, 0.5) is 0 Å². The van der Waals surface area contributed by atoms with E-state index in [-0.39, 0.29) is 5.15 Å². The van der Waals surface area contributed by atoms with Gasteiger partial charge in [0.15, 0.2) is 17.0 Å². The van der Waals surface area contributed by atoms with Crippen molar-refractivity contribution < 1.29 is 20.1 Å². The minimum atomic E-state index is -1.20. The van der Waals surface area contributed by atoms with Gasteiger partial charge in [0.25, 0.3) is 0 Å². The van der Waals surface area contributed by atoms with Gasteiger partial charge in [-0.05, 0) is 6.92 Å². The number of fused-ring (bicyclic) bond motifs is 1. The first kappa shape index (κ1) is 13.7. The summed E-state index contributed by atoms with van der Waals surface area (Å²) in [5, 5.41) is 29.1. The van der Waals surface area contributed by atoms with Gasteiger partial charge in [0.1, 0.15) is 29.7 Å². The third-order valence-corrected chi connectivity index (χ3v) is 3.55. The molecule has 1 aliphatic rings. The van der Waals surface area contributed by atoms with Gasteiger partial charge in [0, 0.05) is 0 Å². The van der Waals surface area contributed by atoms with E-state index in [2.05, 4.69) is 15.0 Å². The average Bonchev–Trinajstić information content (AvgIpc) is 2.93. The molecular formula is C11H13ClN4O4. The van der Waals surface area contributed by atoms with Gasteiger partial charge in [-0.2, -0.15) is 0 Å². The molecule has 0 bridgehead atoms. The fourth-order valence-electron chi connectivity index (χ4n) is 2.28. The second kappa shape index (κ2) is 4.90. The summed E-state index contributed by atoms with van der Waals surface area (Å²) in [6.45, 7) is 1.29. The predicted molar refractivity (Wildman–Crippen MR) is 68.1 cm³/mol. The van der Waals surface area contributed by atoms with Gasteiger partial charge in [-0.25, -0.2) is 15.0 Å². The molecule has 8 nitrogen and oxygen atoms in total. The van der Waals surface area contributed by atoms with Gasteiger partial charge in [-0.3, -0.25) is 4.57 Å². The minimum Gasteiger partial charge on any atom is -0.394 e. The molecule has 2 aromatic heterocycles. The van der Waals surface area contributed by atoms with E-state index in [9.17, 15) is 10.2 Å². The zero-order valence-corrected chi connectivity index (χ0v) is 11.3. The Morgan fingerprint density at radius 1 is 1.35 bits per heavy atom. The van der Waals surface area contributed by atoms with Crippen LogP contribution in [-0.4, -0.2) is 59.8 Å². The number of aryl methyl sites for hydroxylation is 1. The number of rotatable bonds is 2. The Balaban J connectivity index is 2.07. The molecule has 3 heterocycles. The van der Waals surface area contributed by atoms with E-state index in [4.69, 9.17) is 21.4 Å². The molecule has 0 aliphatic carbocycles. The molecular weight excluding hydrogens is 288 g/mol. The lowest BCUT2D eigenvalue weighted by atomic mass is 10.1. The molecule has 1 fully saturated rings. The fraction of sp³-hybridized carbons (Fsp3) is 0.545. The summed E-state index contributed by atoms with van der Waals surface area (Å²) in [5.41, 5.74) is 0.785. The standard InChI is InChI=1S/C11H13ClN4O4/c1-4-14-9(12)6-10(15-4)16(3-13-6)11-8(19)7(18)5(2-17)20-11/h3,5,7-8,11,17-19H,2H2,1H3/t5-,7-,8-,11-/m1/s1.